The summed E-state index contributed by atoms with van der Waals surface area (Å²) in [5, 5.41) is 8.38. The minimum absolute atomic E-state index is 0.0118. The summed E-state index contributed by atoms with van der Waals surface area (Å²) in [6.07, 6.45) is 2.81. The van der Waals surface area contributed by atoms with E-state index in [0.29, 0.717) is 22.5 Å². The molecule has 0 amide bonds. The average Bonchev–Trinajstić information content (AvgIpc) is 3.36. The van der Waals surface area contributed by atoms with Crippen molar-refractivity contribution < 1.29 is 0 Å². The van der Waals surface area contributed by atoms with Gasteiger partial charge in [0.25, 0.3) is 5.56 Å². The number of nitrogens with zero attached hydrogens (tertiary/aromatic N) is 3. The Morgan fingerprint density at radius 3 is 2.96 bits per heavy atom. The Morgan fingerprint density at radius 2 is 2.12 bits per heavy atom. The summed E-state index contributed by atoms with van der Waals surface area (Å²) in [7, 11) is 0. The van der Waals surface area contributed by atoms with E-state index in [1.54, 1.807) is 45.4 Å². The van der Waals surface area contributed by atoms with Crippen molar-refractivity contribution in [3.8, 4) is 10.6 Å². The van der Waals surface area contributed by atoms with Crippen LogP contribution in [0.4, 0.5) is 0 Å². The molecule has 0 unspecified atom stereocenters. The Balaban J connectivity index is 1.60. The molecule has 1 aromatic carbocycles. The van der Waals surface area contributed by atoms with Crippen LogP contribution in [0.2, 0.25) is 5.02 Å². The molecule has 128 valence electrons. The highest BCUT2D eigenvalue weighted by Gasteiger charge is 2.21. The van der Waals surface area contributed by atoms with Crippen molar-refractivity contribution >= 4 is 56.8 Å². The molecule has 0 aliphatic carbocycles. The molecule has 4 nitrogen and oxygen atoms in total. The van der Waals surface area contributed by atoms with Crippen molar-refractivity contribution in [2.24, 2.45) is 0 Å². The number of thiazole rings is 1. The number of rotatable bonds is 2. The lowest BCUT2D eigenvalue weighted by Crippen LogP contribution is -2.20. The maximum absolute atomic E-state index is 12.7. The Labute approximate surface area is 162 Å². The molecule has 0 N–H and O–H groups in total. The van der Waals surface area contributed by atoms with Crippen molar-refractivity contribution in [3.63, 3.8) is 0 Å². The Kier molecular flexibility index (Phi) is 3.77. The molecule has 4 aromatic rings. The number of hydrogen-bond acceptors (Lipinski definition) is 5. The number of halogens is 1. The Hall–Kier alpha value is -2.28. The zero-order chi connectivity index (χ0) is 17.7. The van der Waals surface area contributed by atoms with E-state index in [4.69, 9.17) is 21.6 Å². The van der Waals surface area contributed by atoms with Crippen LogP contribution in [-0.4, -0.2) is 14.5 Å². The fourth-order valence-corrected chi connectivity index (χ4v) is 4.83. The van der Waals surface area contributed by atoms with Crippen LogP contribution >= 0.6 is 34.3 Å². The molecule has 0 saturated carbocycles. The van der Waals surface area contributed by atoms with E-state index in [9.17, 15) is 4.79 Å². The zero-order valence-electron chi connectivity index (χ0n) is 13.5. The fourth-order valence-electron chi connectivity index (χ4n) is 3.18. The van der Waals surface area contributed by atoms with Gasteiger partial charge in [0.1, 0.15) is 10.8 Å². The molecule has 0 radical (unpaired) electrons. The average molecular weight is 398 g/mol. The standard InChI is InChI=1S/C19H12ClN3OS2/c20-13-1-2-15-16(8-13)22-17-11(3-5-23(17)19(15)24)7-14-10-26-18(21-14)12-4-6-25-9-12/h1-2,4,6-10H,3,5H2/b11-7-. The SMILES string of the molecule is O=c1c2ccc(Cl)cc2nc2n1CC/C2=C/c1csc(-c2ccsc2)n1. The van der Waals surface area contributed by atoms with E-state index < -0.39 is 0 Å². The van der Waals surface area contributed by atoms with Crippen LogP contribution in [0.3, 0.4) is 0 Å². The quantitative estimate of drug-likeness (QED) is 0.468. The van der Waals surface area contributed by atoms with Gasteiger partial charge in [-0.1, -0.05) is 11.6 Å². The first-order valence-electron chi connectivity index (χ1n) is 8.08. The van der Waals surface area contributed by atoms with Gasteiger partial charge >= 0.3 is 0 Å². The third-order valence-corrected chi connectivity index (χ3v) is 6.25. The van der Waals surface area contributed by atoms with Gasteiger partial charge in [-0.15, -0.1) is 11.3 Å². The van der Waals surface area contributed by atoms with Gasteiger partial charge < -0.3 is 0 Å². The van der Waals surface area contributed by atoms with Gasteiger partial charge in [0.15, 0.2) is 0 Å². The van der Waals surface area contributed by atoms with Crippen molar-refractivity contribution in [2.45, 2.75) is 13.0 Å². The van der Waals surface area contributed by atoms with E-state index in [1.807, 2.05) is 11.5 Å². The van der Waals surface area contributed by atoms with Gasteiger partial charge in [0.2, 0.25) is 0 Å². The Morgan fingerprint density at radius 1 is 1.19 bits per heavy atom. The number of aromatic nitrogens is 3. The molecule has 1 aliphatic heterocycles. The third kappa shape index (κ3) is 2.61. The fraction of sp³-hybridized carbons (Fsp3) is 0.105. The summed E-state index contributed by atoms with van der Waals surface area (Å²) in [6, 6.07) is 7.29. The minimum atomic E-state index is -0.0118. The Bertz CT molecular complexity index is 1220. The normalized spacial score (nSPS) is 15.0. The summed E-state index contributed by atoms with van der Waals surface area (Å²) in [5.74, 6) is 0.717. The second-order valence-electron chi connectivity index (χ2n) is 6.06. The summed E-state index contributed by atoms with van der Waals surface area (Å²) < 4.78 is 1.74. The molecule has 26 heavy (non-hydrogen) atoms. The van der Waals surface area contributed by atoms with E-state index in [2.05, 4.69) is 16.8 Å². The lowest BCUT2D eigenvalue weighted by Gasteiger charge is -2.05. The smallest absolute Gasteiger partial charge is 0.261 e. The molecule has 0 saturated heterocycles. The molecule has 7 heteroatoms. The number of thiophene rings is 1. The second-order valence-corrected chi connectivity index (χ2v) is 8.14. The molecular formula is C19H12ClN3OS2. The summed E-state index contributed by atoms with van der Waals surface area (Å²) in [4.78, 5) is 22.1. The van der Waals surface area contributed by atoms with Crippen LogP contribution in [0.15, 0.2) is 45.2 Å². The van der Waals surface area contributed by atoms with Gasteiger partial charge in [-0.3, -0.25) is 9.36 Å². The number of fused-ring (bicyclic) bond motifs is 2. The molecule has 0 atom stereocenters. The van der Waals surface area contributed by atoms with Gasteiger partial charge in [-0.2, -0.15) is 11.3 Å². The predicted molar refractivity (Wildman–Crippen MR) is 109 cm³/mol. The van der Waals surface area contributed by atoms with Crippen LogP contribution < -0.4 is 5.56 Å². The lowest BCUT2D eigenvalue weighted by molar-refractivity contribution is 0.725. The molecule has 1 aliphatic rings. The predicted octanol–water partition coefficient (Wildman–Crippen LogP) is 5.18. The van der Waals surface area contributed by atoms with E-state index in [1.165, 1.54) is 0 Å². The van der Waals surface area contributed by atoms with Crippen LogP contribution in [0.1, 0.15) is 17.9 Å². The van der Waals surface area contributed by atoms with Crippen molar-refractivity contribution in [1.29, 1.82) is 0 Å². The molecule has 5 rings (SSSR count). The van der Waals surface area contributed by atoms with Crippen molar-refractivity contribution in [3.05, 3.63) is 67.3 Å². The van der Waals surface area contributed by atoms with Gasteiger partial charge in [0.05, 0.1) is 16.6 Å². The second kappa shape index (κ2) is 6.16. The van der Waals surface area contributed by atoms with Crippen molar-refractivity contribution in [2.75, 3.05) is 0 Å². The highest BCUT2D eigenvalue weighted by atomic mass is 35.5. The third-order valence-electron chi connectivity index (χ3n) is 4.42. The maximum atomic E-state index is 12.7. The molecule has 0 fully saturated rings. The molecular weight excluding hydrogens is 386 g/mol. The van der Waals surface area contributed by atoms with Gasteiger partial charge in [-0.25, -0.2) is 9.97 Å². The first-order valence-corrected chi connectivity index (χ1v) is 10.3. The lowest BCUT2D eigenvalue weighted by atomic mass is 10.2. The highest BCUT2D eigenvalue weighted by molar-refractivity contribution is 7.14. The molecule has 4 heterocycles. The van der Waals surface area contributed by atoms with E-state index in [-0.39, 0.29) is 5.56 Å². The van der Waals surface area contributed by atoms with Crippen LogP contribution in [0.25, 0.3) is 33.1 Å². The summed E-state index contributed by atoms with van der Waals surface area (Å²) in [5.41, 5.74) is 3.71. The van der Waals surface area contributed by atoms with Gasteiger partial charge in [-0.05, 0) is 47.7 Å². The maximum Gasteiger partial charge on any atom is 0.261 e. The minimum Gasteiger partial charge on any atom is -0.292 e. The van der Waals surface area contributed by atoms with Gasteiger partial charge in [0, 0.05) is 27.9 Å². The van der Waals surface area contributed by atoms with Crippen LogP contribution in [0.5, 0.6) is 0 Å². The number of hydrogen-bond donors (Lipinski definition) is 0. The number of benzene rings is 1. The van der Waals surface area contributed by atoms with E-state index in [0.717, 1.165) is 34.1 Å². The first-order chi connectivity index (χ1) is 12.7. The topological polar surface area (TPSA) is 47.8 Å². The van der Waals surface area contributed by atoms with Crippen molar-refractivity contribution in [1.82, 2.24) is 14.5 Å². The molecule has 0 spiro atoms. The largest absolute Gasteiger partial charge is 0.292 e. The first kappa shape index (κ1) is 15.9. The molecule has 3 aromatic heterocycles. The zero-order valence-corrected chi connectivity index (χ0v) is 15.9. The van der Waals surface area contributed by atoms with Crippen LogP contribution in [-0.2, 0) is 6.54 Å². The van der Waals surface area contributed by atoms with Crippen LogP contribution in [0, 0.1) is 0 Å². The highest BCUT2D eigenvalue weighted by Crippen LogP contribution is 2.30. The monoisotopic (exact) mass is 397 g/mol. The van der Waals surface area contributed by atoms with E-state index >= 15 is 0 Å². The molecule has 0 bridgehead atoms. The summed E-state index contributed by atoms with van der Waals surface area (Å²) in [6.45, 7) is 0.646. The number of allylic oxidation sites excluding steroid dienone is 1. The summed E-state index contributed by atoms with van der Waals surface area (Å²) >= 11 is 9.36.